The van der Waals surface area contributed by atoms with Gasteiger partial charge in [0.2, 0.25) is 0 Å². The van der Waals surface area contributed by atoms with E-state index in [-0.39, 0.29) is 10.4 Å². The Labute approximate surface area is 123 Å². The number of alkyl halides is 1. The molecule has 0 unspecified atom stereocenters. The number of halogens is 3. The van der Waals surface area contributed by atoms with Crippen LogP contribution in [0.4, 0.5) is 4.39 Å². The Morgan fingerprint density at radius 1 is 1.35 bits per heavy atom. The molecule has 0 aliphatic rings. The van der Waals surface area contributed by atoms with E-state index in [2.05, 4.69) is 43.8 Å². The molecule has 0 heterocycles. The molecule has 0 aliphatic heterocycles. The minimum absolute atomic E-state index is 0.227. The molecule has 0 saturated carbocycles. The van der Waals surface area contributed by atoms with Crippen molar-refractivity contribution in [3.8, 4) is 0 Å². The predicted molar refractivity (Wildman–Crippen MR) is 79.2 cm³/mol. The third kappa shape index (κ3) is 4.91. The maximum Gasteiger partial charge on any atom is 0.252 e. The molecule has 1 amide bonds. The Morgan fingerprint density at radius 2 is 2.12 bits per heavy atom. The Morgan fingerprint density at radius 3 is 2.82 bits per heavy atom. The van der Waals surface area contributed by atoms with E-state index >= 15 is 0 Å². The molecule has 0 aliphatic carbocycles. The zero-order valence-corrected chi connectivity index (χ0v) is 13.1. The van der Waals surface area contributed by atoms with Gasteiger partial charge in [-0.3, -0.25) is 4.79 Å². The van der Waals surface area contributed by atoms with Crippen molar-refractivity contribution in [2.75, 3.05) is 11.0 Å². The highest BCUT2D eigenvalue weighted by atomic mass is 127. The van der Waals surface area contributed by atoms with Crippen molar-refractivity contribution in [3.05, 3.63) is 34.1 Å². The molecular formula is C12H14BrFINO. The first kappa shape index (κ1) is 14.9. The largest absolute Gasteiger partial charge is 0.352 e. The van der Waals surface area contributed by atoms with Gasteiger partial charge >= 0.3 is 0 Å². The summed E-state index contributed by atoms with van der Waals surface area (Å²) >= 11 is 5.41. The van der Waals surface area contributed by atoms with E-state index in [1.54, 1.807) is 6.07 Å². The van der Waals surface area contributed by atoms with E-state index in [0.29, 0.717) is 12.1 Å². The minimum Gasteiger partial charge on any atom is -0.352 e. The topological polar surface area (TPSA) is 29.1 Å². The Kier molecular flexibility index (Phi) is 7.03. The summed E-state index contributed by atoms with van der Waals surface area (Å²) in [5.41, 5.74) is 0.346. The van der Waals surface area contributed by atoms with Gasteiger partial charge in [-0.2, -0.15) is 0 Å². The number of carbonyl (C=O) groups excluding carboxylic acids is 1. The third-order valence-corrected chi connectivity index (χ3v) is 3.86. The summed E-state index contributed by atoms with van der Waals surface area (Å²) in [6, 6.07) is 4.46. The van der Waals surface area contributed by atoms with Crippen LogP contribution in [0.3, 0.4) is 0 Å². The normalized spacial score (nSPS) is 10.3. The SMILES string of the molecule is O=C(NCCCCCI)c1cccc(F)c1Br. The molecule has 5 heteroatoms. The van der Waals surface area contributed by atoms with Gasteiger partial charge in [0.25, 0.3) is 5.91 Å². The van der Waals surface area contributed by atoms with Crippen molar-refractivity contribution in [1.82, 2.24) is 5.32 Å². The van der Waals surface area contributed by atoms with E-state index in [4.69, 9.17) is 0 Å². The van der Waals surface area contributed by atoms with Gasteiger partial charge in [-0.25, -0.2) is 4.39 Å². The smallest absolute Gasteiger partial charge is 0.252 e. The van der Waals surface area contributed by atoms with Crippen molar-refractivity contribution >= 4 is 44.4 Å². The molecule has 2 nitrogen and oxygen atoms in total. The number of carbonyl (C=O) groups is 1. The molecule has 17 heavy (non-hydrogen) atoms. The maximum atomic E-state index is 13.2. The quantitative estimate of drug-likeness (QED) is 0.427. The fourth-order valence-corrected chi connectivity index (χ4v) is 2.36. The summed E-state index contributed by atoms with van der Waals surface area (Å²) in [5, 5.41) is 2.79. The first-order valence-corrected chi connectivity index (χ1v) is 7.77. The molecule has 1 rings (SSSR count). The number of hydrogen-bond acceptors (Lipinski definition) is 1. The second kappa shape index (κ2) is 8.02. The van der Waals surface area contributed by atoms with Crippen LogP contribution in [-0.4, -0.2) is 16.9 Å². The lowest BCUT2D eigenvalue weighted by Gasteiger charge is -2.07. The summed E-state index contributed by atoms with van der Waals surface area (Å²) in [6.07, 6.45) is 3.23. The summed E-state index contributed by atoms with van der Waals surface area (Å²) in [5.74, 6) is -0.645. The molecule has 1 aromatic carbocycles. The van der Waals surface area contributed by atoms with Crippen molar-refractivity contribution in [2.45, 2.75) is 19.3 Å². The number of amides is 1. The van der Waals surface area contributed by atoms with Gasteiger partial charge in [0.1, 0.15) is 5.82 Å². The van der Waals surface area contributed by atoms with Crippen LogP contribution < -0.4 is 5.32 Å². The average molecular weight is 414 g/mol. The standard InChI is InChI=1S/C12H14BrFINO/c13-11-9(5-4-6-10(11)14)12(17)16-8-3-1-2-7-15/h4-6H,1-3,7-8H2,(H,16,17). The molecule has 0 aromatic heterocycles. The number of rotatable bonds is 6. The molecule has 0 atom stereocenters. The summed E-state index contributed by atoms with van der Waals surface area (Å²) in [4.78, 5) is 11.7. The van der Waals surface area contributed by atoms with Gasteiger partial charge in [-0.1, -0.05) is 35.1 Å². The van der Waals surface area contributed by atoms with Crippen molar-refractivity contribution in [1.29, 1.82) is 0 Å². The fourth-order valence-electron chi connectivity index (χ4n) is 1.37. The number of benzene rings is 1. The number of hydrogen-bond donors (Lipinski definition) is 1. The number of unbranched alkanes of at least 4 members (excludes halogenated alkanes) is 2. The molecule has 0 bridgehead atoms. The van der Waals surface area contributed by atoms with Crippen LogP contribution >= 0.6 is 38.5 Å². The van der Waals surface area contributed by atoms with Crippen LogP contribution in [0.5, 0.6) is 0 Å². The van der Waals surface area contributed by atoms with E-state index < -0.39 is 5.82 Å². The Balaban J connectivity index is 2.44. The second-order valence-electron chi connectivity index (χ2n) is 3.61. The van der Waals surface area contributed by atoms with Gasteiger partial charge in [0.05, 0.1) is 10.0 Å². The maximum absolute atomic E-state index is 13.2. The van der Waals surface area contributed by atoms with Gasteiger partial charge in [-0.15, -0.1) is 0 Å². The summed E-state index contributed by atoms with van der Waals surface area (Å²) in [7, 11) is 0. The molecule has 0 radical (unpaired) electrons. The highest BCUT2D eigenvalue weighted by molar-refractivity contribution is 14.1. The highest BCUT2D eigenvalue weighted by Gasteiger charge is 2.11. The first-order chi connectivity index (χ1) is 8.16. The van der Waals surface area contributed by atoms with Crippen LogP contribution in [0, 0.1) is 5.82 Å². The first-order valence-electron chi connectivity index (χ1n) is 5.45. The van der Waals surface area contributed by atoms with Crippen molar-refractivity contribution in [3.63, 3.8) is 0 Å². The monoisotopic (exact) mass is 413 g/mol. The lowest BCUT2D eigenvalue weighted by Crippen LogP contribution is -2.25. The van der Waals surface area contributed by atoms with E-state index in [1.807, 2.05) is 0 Å². The van der Waals surface area contributed by atoms with Gasteiger partial charge < -0.3 is 5.32 Å². The van der Waals surface area contributed by atoms with E-state index in [9.17, 15) is 9.18 Å². The number of nitrogens with one attached hydrogen (secondary N) is 1. The van der Waals surface area contributed by atoms with Gasteiger partial charge in [0, 0.05) is 6.54 Å². The Hall–Kier alpha value is -0.170. The fraction of sp³-hybridized carbons (Fsp3) is 0.417. The van der Waals surface area contributed by atoms with Crippen LogP contribution in [0.1, 0.15) is 29.6 Å². The Bertz CT molecular complexity index is 387. The zero-order valence-electron chi connectivity index (χ0n) is 9.31. The molecule has 1 aromatic rings. The van der Waals surface area contributed by atoms with Crippen LogP contribution in [-0.2, 0) is 0 Å². The zero-order chi connectivity index (χ0) is 12.7. The molecule has 1 N–H and O–H groups in total. The highest BCUT2D eigenvalue weighted by Crippen LogP contribution is 2.20. The average Bonchev–Trinajstić information content (AvgIpc) is 2.32. The lowest BCUT2D eigenvalue weighted by molar-refractivity contribution is 0.0951. The van der Waals surface area contributed by atoms with Gasteiger partial charge in [0.15, 0.2) is 0 Å². The predicted octanol–water partition coefficient (Wildman–Crippen LogP) is 3.92. The lowest BCUT2D eigenvalue weighted by atomic mass is 10.2. The van der Waals surface area contributed by atoms with Crippen molar-refractivity contribution in [2.24, 2.45) is 0 Å². The van der Waals surface area contributed by atoms with Crippen LogP contribution in [0.15, 0.2) is 22.7 Å². The van der Waals surface area contributed by atoms with E-state index in [0.717, 1.165) is 17.3 Å². The van der Waals surface area contributed by atoms with Crippen LogP contribution in [0.2, 0.25) is 0 Å². The minimum atomic E-state index is -0.414. The molecule has 94 valence electrons. The van der Waals surface area contributed by atoms with E-state index in [1.165, 1.54) is 18.6 Å². The molecular weight excluding hydrogens is 400 g/mol. The van der Waals surface area contributed by atoms with Crippen LogP contribution in [0.25, 0.3) is 0 Å². The van der Waals surface area contributed by atoms with Crippen molar-refractivity contribution < 1.29 is 9.18 Å². The molecule has 0 fully saturated rings. The third-order valence-electron chi connectivity index (χ3n) is 2.29. The summed E-state index contributed by atoms with van der Waals surface area (Å²) < 4.78 is 14.6. The summed E-state index contributed by atoms with van der Waals surface area (Å²) in [6.45, 7) is 0.637. The van der Waals surface area contributed by atoms with Gasteiger partial charge in [-0.05, 0) is 45.3 Å². The molecule has 0 spiro atoms. The second-order valence-corrected chi connectivity index (χ2v) is 5.48. The molecule has 0 saturated heterocycles.